The zero-order valence-electron chi connectivity index (χ0n) is 16.2. The van der Waals surface area contributed by atoms with Crippen molar-refractivity contribution in [3.8, 4) is 0 Å². The van der Waals surface area contributed by atoms with Gasteiger partial charge >= 0.3 is 0 Å². The number of aromatic amines is 1. The van der Waals surface area contributed by atoms with E-state index in [0.29, 0.717) is 11.1 Å². The summed E-state index contributed by atoms with van der Waals surface area (Å²) in [5.41, 5.74) is 1.31. The van der Waals surface area contributed by atoms with Crippen LogP contribution in [0.15, 0.2) is 41.4 Å². The first-order chi connectivity index (χ1) is 14.0. The molecule has 3 rings (SSSR count). The third-order valence-corrected chi connectivity index (χ3v) is 6.20. The van der Waals surface area contributed by atoms with E-state index >= 15 is 0 Å². The van der Waals surface area contributed by atoms with E-state index in [1.54, 1.807) is 13.8 Å². The van der Waals surface area contributed by atoms with E-state index in [4.69, 9.17) is 27.9 Å². The quantitative estimate of drug-likeness (QED) is 0.506. The van der Waals surface area contributed by atoms with Crippen molar-refractivity contribution >= 4 is 33.0 Å². The predicted molar refractivity (Wildman–Crippen MR) is 111 cm³/mol. The number of nitrogens with zero attached hydrogens (tertiary/aromatic N) is 1. The van der Waals surface area contributed by atoms with Crippen LogP contribution in [0.4, 0.5) is 8.78 Å². The summed E-state index contributed by atoms with van der Waals surface area (Å²) in [6.07, 6.45) is -0.439. The minimum absolute atomic E-state index is 0.0446. The fourth-order valence-corrected chi connectivity index (χ4v) is 4.23. The van der Waals surface area contributed by atoms with Crippen LogP contribution in [0.2, 0.25) is 10.0 Å². The van der Waals surface area contributed by atoms with Crippen LogP contribution in [0, 0.1) is 18.6 Å². The van der Waals surface area contributed by atoms with Gasteiger partial charge in [0, 0.05) is 6.26 Å². The lowest BCUT2D eigenvalue weighted by Gasteiger charge is -2.22. The summed E-state index contributed by atoms with van der Waals surface area (Å²) in [6.45, 7) is 3.27. The van der Waals surface area contributed by atoms with Crippen molar-refractivity contribution in [3.63, 3.8) is 0 Å². The molecular formula is C20H18Cl2F2N2O3S. The van der Waals surface area contributed by atoms with Gasteiger partial charge in [-0.05, 0) is 49.2 Å². The van der Waals surface area contributed by atoms with E-state index in [1.807, 2.05) is 0 Å². The van der Waals surface area contributed by atoms with Crippen LogP contribution in [0.25, 0.3) is 0 Å². The Morgan fingerprint density at radius 3 is 2.07 bits per heavy atom. The molecule has 30 heavy (non-hydrogen) atoms. The van der Waals surface area contributed by atoms with E-state index in [1.165, 1.54) is 36.4 Å². The van der Waals surface area contributed by atoms with Crippen LogP contribution >= 0.6 is 23.2 Å². The first-order valence-corrected chi connectivity index (χ1v) is 11.4. The molecule has 2 aromatic carbocycles. The van der Waals surface area contributed by atoms with Gasteiger partial charge in [0.25, 0.3) is 0 Å². The van der Waals surface area contributed by atoms with Crippen molar-refractivity contribution in [3.05, 3.63) is 80.7 Å². The minimum Gasteiger partial charge on any atom is -0.358 e. The number of aryl methyl sites for hydroxylation is 1. The maximum absolute atomic E-state index is 13.7. The molecule has 2 atom stereocenters. The number of aromatic nitrogens is 2. The lowest BCUT2D eigenvalue weighted by Crippen LogP contribution is -2.12. The molecule has 160 valence electrons. The van der Waals surface area contributed by atoms with Crippen molar-refractivity contribution in [2.45, 2.75) is 31.1 Å². The largest absolute Gasteiger partial charge is 0.358 e. The SMILES string of the molecule is Cc1nc(C(OC(C)c2ccc(F)c(Cl)c2)c2ccc(F)c(Cl)c2)[nH]c1S(C)(=O)=O. The highest BCUT2D eigenvalue weighted by atomic mass is 35.5. The van der Waals surface area contributed by atoms with Crippen molar-refractivity contribution in [2.24, 2.45) is 0 Å². The summed E-state index contributed by atoms with van der Waals surface area (Å²) in [5.74, 6) is -0.963. The average Bonchev–Trinajstić information content (AvgIpc) is 3.06. The first-order valence-electron chi connectivity index (χ1n) is 8.79. The van der Waals surface area contributed by atoms with Crippen LogP contribution in [-0.4, -0.2) is 24.6 Å². The molecule has 0 aliphatic carbocycles. The Bertz CT molecular complexity index is 1200. The lowest BCUT2D eigenvalue weighted by molar-refractivity contribution is 0.0137. The zero-order valence-corrected chi connectivity index (χ0v) is 18.5. The molecule has 0 fully saturated rings. The Kier molecular flexibility index (Phi) is 6.52. The molecule has 5 nitrogen and oxygen atoms in total. The Morgan fingerprint density at radius 2 is 1.57 bits per heavy atom. The molecule has 10 heteroatoms. The van der Waals surface area contributed by atoms with Gasteiger partial charge < -0.3 is 9.72 Å². The topological polar surface area (TPSA) is 72.0 Å². The molecule has 0 saturated heterocycles. The van der Waals surface area contributed by atoms with Crippen LogP contribution < -0.4 is 0 Å². The molecule has 0 radical (unpaired) electrons. The number of ether oxygens (including phenoxy) is 1. The predicted octanol–water partition coefficient (Wildman–Crippen LogP) is 5.57. The van der Waals surface area contributed by atoms with Gasteiger partial charge in [0.2, 0.25) is 0 Å². The monoisotopic (exact) mass is 474 g/mol. The summed E-state index contributed by atoms with van der Waals surface area (Å²) in [6, 6.07) is 8.21. The molecule has 0 aliphatic heterocycles. The highest BCUT2D eigenvalue weighted by molar-refractivity contribution is 7.90. The van der Waals surface area contributed by atoms with E-state index < -0.39 is 33.7 Å². The van der Waals surface area contributed by atoms with E-state index in [9.17, 15) is 17.2 Å². The second kappa shape index (κ2) is 8.63. The average molecular weight is 475 g/mol. The number of rotatable bonds is 6. The number of hydrogen-bond donors (Lipinski definition) is 1. The third-order valence-electron chi connectivity index (χ3n) is 4.48. The Hall–Kier alpha value is -2.00. The zero-order chi connectivity index (χ0) is 22.2. The number of imidazole rings is 1. The van der Waals surface area contributed by atoms with Gasteiger partial charge in [-0.15, -0.1) is 0 Å². The highest BCUT2D eigenvalue weighted by Gasteiger charge is 2.26. The van der Waals surface area contributed by atoms with Crippen LogP contribution in [0.1, 0.15) is 41.8 Å². The van der Waals surface area contributed by atoms with Gasteiger partial charge in [0.1, 0.15) is 23.6 Å². The molecule has 1 heterocycles. The second-order valence-corrected chi connectivity index (χ2v) is 9.58. The van der Waals surface area contributed by atoms with Crippen LogP contribution in [0.3, 0.4) is 0 Å². The standard InChI is InChI=1S/C20H18Cl2F2N2O3S/c1-10-20(30(3,27)28)26-19(25-10)18(13-5-7-17(24)15(22)9-13)29-11(2)12-4-6-16(23)14(21)8-12/h4-9,11,18H,1-3H3,(H,25,26). The fourth-order valence-electron chi connectivity index (χ4n) is 2.98. The fraction of sp³-hybridized carbons (Fsp3) is 0.250. The van der Waals surface area contributed by atoms with Gasteiger partial charge in [-0.2, -0.15) is 0 Å². The molecule has 0 aliphatic rings. The Morgan fingerprint density at radius 1 is 1.03 bits per heavy atom. The molecule has 3 aromatic rings. The molecular weight excluding hydrogens is 457 g/mol. The van der Waals surface area contributed by atoms with Gasteiger partial charge in [-0.25, -0.2) is 22.2 Å². The minimum atomic E-state index is -3.55. The number of halogens is 4. The first kappa shape index (κ1) is 22.7. The lowest BCUT2D eigenvalue weighted by atomic mass is 10.1. The summed E-state index contributed by atoms with van der Waals surface area (Å²) in [7, 11) is -3.55. The van der Waals surface area contributed by atoms with Crippen molar-refractivity contribution < 1.29 is 21.9 Å². The van der Waals surface area contributed by atoms with Crippen LogP contribution in [-0.2, 0) is 14.6 Å². The van der Waals surface area contributed by atoms with Gasteiger partial charge in [-0.1, -0.05) is 35.3 Å². The molecule has 0 saturated carbocycles. The molecule has 0 bridgehead atoms. The van der Waals surface area contributed by atoms with E-state index in [2.05, 4.69) is 9.97 Å². The Labute approximate surface area is 182 Å². The number of sulfone groups is 1. The smallest absolute Gasteiger partial charge is 0.192 e. The van der Waals surface area contributed by atoms with Crippen molar-refractivity contribution in [1.82, 2.24) is 9.97 Å². The van der Waals surface area contributed by atoms with E-state index in [-0.39, 0.29) is 26.6 Å². The molecule has 0 amide bonds. The van der Waals surface area contributed by atoms with Gasteiger partial charge in [-0.3, -0.25) is 0 Å². The second-order valence-electron chi connectivity index (χ2n) is 6.81. The summed E-state index contributed by atoms with van der Waals surface area (Å²) in [4.78, 5) is 7.09. The Balaban J connectivity index is 2.05. The highest BCUT2D eigenvalue weighted by Crippen LogP contribution is 2.34. The summed E-state index contributed by atoms with van der Waals surface area (Å²) < 4.78 is 57.3. The van der Waals surface area contributed by atoms with E-state index in [0.717, 1.165) is 6.26 Å². The number of benzene rings is 2. The molecule has 1 aromatic heterocycles. The van der Waals surface area contributed by atoms with Gasteiger partial charge in [0.15, 0.2) is 14.9 Å². The number of nitrogens with one attached hydrogen (secondary N) is 1. The van der Waals surface area contributed by atoms with Crippen LogP contribution in [0.5, 0.6) is 0 Å². The summed E-state index contributed by atoms with van der Waals surface area (Å²) >= 11 is 11.8. The molecule has 1 N–H and O–H groups in total. The maximum atomic E-state index is 13.7. The van der Waals surface area contributed by atoms with Gasteiger partial charge in [0.05, 0.1) is 21.8 Å². The number of H-pyrrole nitrogens is 1. The van der Waals surface area contributed by atoms with Crippen molar-refractivity contribution in [2.75, 3.05) is 6.26 Å². The normalized spacial score (nSPS) is 14.0. The number of hydrogen-bond acceptors (Lipinski definition) is 4. The van der Waals surface area contributed by atoms with Crippen molar-refractivity contribution in [1.29, 1.82) is 0 Å². The molecule has 0 spiro atoms. The molecule has 2 unspecified atom stereocenters. The summed E-state index contributed by atoms with van der Waals surface area (Å²) in [5, 5.41) is -0.223. The maximum Gasteiger partial charge on any atom is 0.192 e. The third kappa shape index (κ3) is 4.83.